The second-order valence-electron chi connectivity index (χ2n) is 7.59. The minimum absolute atomic E-state index is 0.0250. The van der Waals surface area contributed by atoms with Crippen molar-refractivity contribution in [1.29, 1.82) is 0 Å². The molecule has 4 amide bonds. The first kappa shape index (κ1) is 24.0. The van der Waals surface area contributed by atoms with E-state index >= 15 is 0 Å². The van der Waals surface area contributed by atoms with Crippen molar-refractivity contribution >= 4 is 33.7 Å². The summed E-state index contributed by atoms with van der Waals surface area (Å²) in [5.74, 6) is -2.59. The summed E-state index contributed by atoms with van der Waals surface area (Å²) in [5.41, 5.74) is 0.144. The number of amides is 4. The molecule has 0 saturated carbocycles. The minimum Gasteiger partial charge on any atom is -0.382 e. The lowest BCUT2D eigenvalue weighted by Crippen LogP contribution is -2.37. The summed E-state index contributed by atoms with van der Waals surface area (Å²) in [5, 5.41) is 0. The number of urea groups is 1. The van der Waals surface area contributed by atoms with Crippen molar-refractivity contribution in [2.75, 3.05) is 39.4 Å². The molecule has 1 aromatic carbocycles. The summed E-state index contributed by atoms with van der Waals surface area (Å²) in [6, 6.07) is 4.55. The molecule has 2 aliphatic heterocycles. The molecule has 0 N–H and O–H groups in total. The third-order valence-corrected chi connectivity index (χ3v) is 7.35. The first-order chi connectivity index (χ1) is 15.3. The van der Waals surface area contributed by atoms with Crippen molar-refractivity contribution in [3.63, 3.8) is 0 Å². The second-order valence-corrected chi connectivity index (χ2v) is 9.53. The number of sulfonamides is 1. The van der Waals surface area contributed by atoms with Gasteiger partial charge in [-0.1, -0.05) is 6.42 Å². The highest BCUT2D eigenvalue weighted by Crippen LogP contribution is 2.21. The average Bonchev–Trinajstić information content (AvgIpc) is 3.00. The summed E-state index contributed by atoms with van der Waals surface area (Å²) >= 11 is 0. The topological polar surface area (TPSA) is 121 Å². The predicted molar refractivity (Wildman–Crippen MR) is 113 cm³/mol. The van der Waals surface area contributed by atoms with Crippen LogP contribution < -0.4 is 0 Å². The summed E-state index contributed by atoms with van der Waals surface area (Å²) in [4.78, 5) is 50.9. The third kappa shape index (κ3) is 5.05. The Kier molecular flexibility index (Phi) is 7.75. The largest absolute Gasteiger partial charge is 0.382 e. The van der Waals surface area contributed by atoms with Gasteiger partial charge >= 0.3 is 17.8 Å². The number of ketones is 1. The Morgan fingerprint density at radius 1 is 0.969 bits per heavy atom. The average molecular weight is 466 g/mol. The molecule has 2 fully saturated rings. The Hall–Kier alpha value is -2.63. The fourth-order valence-corrected chi connectivity index (χ4v) is 5.18. The standard InChI is InChI=1S/C21H27N3O7S/c1-2-31-14-6-13-23-19(26)20(27)24(21(23)28)15-18(25)16-7-9-17(10-8-16)32(29,30)22-11-4-3-5-12-22/h7-10H,2-6,11-15H2,1H3. The maximum absolute atomic E-state index is 12.7. The van der Waals surface area contributed by atoms with Crippen molar-refractivity contribution in [1.82, 2.24) is 14.1 Å². The van der Waals surface area contributed by atoms with Gasteiger partial charge in [-0.25, -0.2) is 18.1 Å². The molecule has 174 valence electrons. The monoisotopic (exact) mass is 465 g/mol. The lowest BCUT2D eigenvalue weighted by atomic mass is 10.1. The summed E-state index contributed by atoms with van der Waals surface area (Å²) in [6.07, 6.45) is 3.01. The van der Waals surface area contributed by atoms with E-state index in [2.05, 4.69) is 0 Å². The molecule has 0 radical (unpaired) electrons. The van der Waals surface area contributed by atoms with Crippen LogP contribution in [0.3, 0.4) is 0 Å². The Bertz CT molecular complexity index is 985. The van der Waals surface area contributed by atoms with Crippen LogP contribution >= 0.6 is 0 Å². The molecule has 0 bridgehead atoms. The molecule has 3 rings (SSSR count). The van der Waals surface area contributed by atoms with Gasteiger partial charge in [-0.15, -0.1) is 0 Å². The lowest BCUT2D eigenvalue weighted by molar-refractivity contribution is -0.143. The number of carbonyl (C=O) groups is 4. The van der Waals surface area contributed by atoms with Crippen LogP contribution in [0.4, 0.5) is 4.79 Å². The number of imide groups is 2. The van der Waals surface area contributed by atoms with Crippen molar-refractivity contribution in [2.45, 2.75) is 37.5 Å². The number of hydrogen-bond acceptors (Lipinski definition) is 7. The Morgan fingerprint density at radius 3 is 2.22 bits per heavy atom. The van der Waals surface area contributed by atoms with Gasteiger partial charge in [-0.05, 0) is 50.5 Å². The van der Waals surface area contributed by atoms with Gasteiger partial charge in [-0.3, -0.25) is 19.3 Å². The Balaban J connectivity index is 1.64. The molecular weight excluding hydrogens is 438 g/mol. The van der Waals surface area contributed by atoms with Gasteiger partial charge in [0.1, 0.15) is 0 Å². The van der Waals surface area contributed by atoms with Gasteiger partial charge < -0.3 is 4.74 Å². The van der Waals surface area contributed by atoms with Crippen LogP contribution in [0.25, 0.3) is 0 Å². The number of benzene rings is 1. The molecule has 1 aromatic rings. The van der Waals surface area contributed by atoms with E-state index in [1.165, 1.54) is 28.6 Å². The van der Waals surface area contributed by atoms with E-state index in [9.17, 15) is 27.6 Å². The van der Waals surface area contributed by atoms with E-state index in [0.717, 1.165) is 24.2 Å². The summed E-state index contributed by atoms with van der Waals surface area (Å²) in [6.45, 7) is 3.03. The third-order valence-electron chi connectivity index (χ3n) is 5.44. The van der Waals surface area contributed by atoms with E-state index in [1.54, 1.807) is 0 Å². The fourth-order valence-electron chi connectivity index (χ4n) is 3.66. The zero-order valence-electron chi connectivity index (χ0n) is 18.0. The van der Waals surface area contributed by atoms with Gasteiger partial charge in [0, 0.05) is 38.4 Å². The molecule has 0 spiro atoms. The van der Waals surface area contributed by atoms with Gasteiger partial charge in [-0.2, -0.15) is 4.31 Å². The molecular formula is C21H27N3O7S. The number of piperidine rings is 1. The zero-order chi connectivity index (χ0) is 23.3. The highest BCUT2D eigenvalue weighted by Gasteiger charge is 2.44. The van der Waals surface area contributed by atoms with E-state index in [1.807, 2.05) is 6.92 Å². The quantitative estimate of drug-likeness (QED) is 0.221. The predicted octanol–water partition coefficient (Wildman–Crippen LogP) is 1.26. The van der Waals surface area contributed by atoms with Crippen molar-refractivity contribution in [2.24, 2.45) is 0 Å². The number of carbonyl (C=O) groups excluding carboxylic acids is 4. The van der Waals surface area contributed by atoms with Crippen LogP contribution in [-0.4, -0.2) is 85.5 Å². The van der Waals surface area contributed by atoms with E-state index < -0.39 is 40.2 Å². The second kappa shape index (κ2) is 10.3. The normalized spacial score (nSPS) is 18.0. The first-order valence-electron chi connectivity index (χ1n) is 10.7. The molecule has 0 unspecified atom stereocenters. The molecule has 2 heterocycles. The minimum atomic E-state index is -3.63. The Labute approximate surface area is 187 Å². The fraction of sp³-hybridized carbons (Fsp3) is 0.524. The Morgan fingerprint density at radius 2 is 1.59 bits per heavy atom. The maximum Gasteiger partial charge on any atom is 0.334 e. The smallest absolute Gasteiger partial charge is 0.334 e. The summed E-state index contributed by atoms with van der Waals surface area (Å²) in [7, 11) is -3.63. The lowest BCUT2D eigenvalue weighted by Gasteiger charge is -2.25. The molecule has 2 saturated heterocycles. The molecule has 10 nitrogen and oxygen atoms in total. The highest BCUT2D eigenvalue weighted by molar-refractivity contribution is 7.89. The van der Waals surface area contributed by atoms with Crippen molar-refractivity contribution < 1.29 is 32.3 Å². The molecule has 11 heteroatoms. The summed E-state index contributed by atoms with van der Waals surface area (Å²) < 4.78 is 32.0. The SMILES string of the molecule is CCOCCCN1C(=O)C(=O)N(CC(=O)c2ccc(S(=O)(=O)N3CCCCC3)cc2)C1=O. The first-order valence-corrected chi connectivity index (χ1v) is 12.1. The number of rotatable bonds is 10. The number of Topliss-reactive ketones (excluding diaryl/α,β-unsaturated/α-hetero) is 1. The van der Waals surface area contributed by atoms with E-state index in [0.29, 0.717) is 37.6 Å². The zero-order valence-corrected chi connectivity index (χ0v) is 18.8. The maximum atomic E-state index is 12.7. The van der Waals surface area contributed by atoms with Gasteiger partial charge in [0.05, 0.1) is 11.4 Å². The molecule has 32 heavy (non-hydrogen) atoms. The molecule has 0 aliphatic carbocycles. The molecule has 2 aliphatic rings. The van der Waals surface area contributed by atoms with Crippen LogP contribution in [0, 0.1) is 0 Å². The van der Waals surface area contributed by atoms with E-state index in [4.69, 9.17) is 4.74 Å². The van der Waals surface area contributed by atoms with Gasteiger partial charge in [0.25, 0.3) is 0 Å². The van der Waals surface area contributed by atoms with Crippen molar-refractivity contribution in [3.8, 4) is 0 Å². The van der Waals surface area contributed by atoms with Gasteiger partial charge in [0.15, 0.2) is 5.78 Å². The van der Waals surface area contributed by atoms with Crippen molar-refractivity contribution in [3.05, 3.63) is 29.8 Å². The van der Waals surface area contributed by atoms with Crippen LogP contribution in [0.15, 0.2) is 29.2 Å². The number of hydrogen-bond donors (Lipinski definition) is 0. The number of nitrogens with zero attached hydrogens (tertiary/aromatic N) is 3. The van der Waals surface area contributed by atoms with Crippen LogP contribution in [0.2, 0.25) is 0 Å². The van der Waals surface area contributed by atoms with Crippen LogP contribution in [-0.2, 0) is 24.3 Å². The molecule has 0 atom stereocenters. The molecule has 0 aromatic heterocycles. The van der Waals surface area contributed by atoms with Crippen LogP contribution in [0.1, 0.15) is 43.0 Å². The van der Waals surface area contributed by atoms with Gasteiger partial charge in [0.2, 0.25) is 10.0 Å². The van der Waals surface area contributed by atoms with E-state index in [-0.39, 0.29) is 17.0 Å². The van der Waals surface area contributed by atoms with Crippen LogP contribution in [0.5, 0.6) is 0 Å². The number of ether oxygens (including phenoxy) is 1. The highest BCUT2D eigenvalue weighted by atomic mass is 32.2.